The number of hydrogen-bond acceptors (Lipinski definition) is 3. The van der Waals surface area contributed by atoms with E-state index in [1.54, 1.807) is 19.3 Å². The molecule has 0 amide bonds. The number of nitrogens with one attached hydrogen (secondary N) is 1. The fourth-order valence-electron chi connectivity index (χ4n) is 6.94. The van der Waals surface area contributed by atoms with Crippen molar-refractivity contribution in [2.45, 2.75) is 63.5 Å². The Morgan fingerprint density at radius 3 is 2.61 bits per heavy atom. The first-order chi connectivity index (χ1) is 11.4. The Bertz CT molecular complexity index is 414. The molecule has 0 aromatic carbocycles. The summed E-state index contributed by atoms with van der Waals surface area (Å²) in [5.74, 6) is 5.18. The van der Waals surface area contributed by atoms with Crippen LogP contribution < -0.4 is 5.32 Å². The maximum Gasteiger partial charge on any atom is 0.0507 e. The molecule has 2 bridgehead atoms. The van der Waals surface area contributed by atoms with Gasteiger partial charge in [-0.25, -0.2) is 0 Å². The van der Waals surface area contributed by atoms with Crippen molar-refractivity contribution in [3.63, 3.8) is 0 Å². The van der Waals surface area contributed by atoms with E-state index in [1.807, 2.05) is 0 Å². The Hall–Kier alpha value is -0.120. The maximum atomic E-state index is 5.53. The molecule has 0 spiro atoms. The minimum absolute atomic E-state index is 0.801. The molecule has 5 rings (SSSR count). The van der Waals surface area contributed by atoms with Crippen LogP contribution in [0, 0.1) is 29.6 Å². The van der Waals surface area contributed by atoms with Crippen molar-refractivity contribution in [3.05, 3.63) is 0 Å². The quantitative estimate of drug-likeness (QED) is 0.862. The van der Waals surface area contributed by atoms with Crippen molar-refractivity contribution in [2.75, 3.05) is 32.8 Å². The number of piperidine rings is 1. The van der Waals surface area contributed by atoms with Gasteiger partial charge in [0.25, 0.3) is 0 Å². The van der Waals surface area contributed by atoms with Gasteiger partial charge in [0.05, 0.1) is 6.61 Å². The van der Waals surface area contributed by atoms with Gasteiger partial charge in [-0.1, -0.05) is 6.42 Å². The summed E-state index contributed by atoms with van der Waals surface area (Å²) in [5, 5.41) is 4.12. The third kappa shape index (κ3) is 2.87. The molecule has 5 fully saturated rings. The average Bonchev–Trinajstić information content (AvgIpc) is 3.31. The van der Waals surface area contributed by atoms with Gasteiger partial charge in [-0.2, -0.15) is 0 Å². The lowest BCUT2D eigenvalue weighted by Gasteiger charge is -2.38. The topological polar surface area (TPSA) is 24.5 Å². The summed E-state index contributed by atoms with van der Waals surface area (Å²) in [7, 11) is 0. The van der Waals surface area contributed by atoms with Gasteiger partial charge in [0.1, 0.15) is 0 Å². The minimum Gasteiger partial charge on any atom is -0.381 e. The molecule has 2 heterocycles. The van der Waals surface area contributed by atoms with Crippen molar-refractivity contribution >= 4 is 0 Å². The summed E-state index contributed by atoms with van der Waals surface area (Å²) in [6.45, 7) is 5.90. The number of rotatable bonds is 4. The molecule has 1 N–H and O–H groups in total. The zero-order valence-electron chi connectivity index (χ0n) is 14.6. The number of hydrogen-bond donors (Lipinski definition) is 1. The lowest BCUT2D eigenvalue weighted by molar-refractivity contribution is 0.134. The second-order valence-electron chi connectivity index (χ2n) is 9.23. The lowest BCUT2D eigenvalue weighted by Crippen LogP contribution is -2.49. The Morgan fingerprint density at radius 1 is 0.913 bits per heavy atom. The Kier molecular flexibility index (Phi) is 4.16. The number of likely N-dealkylation sites (tertiary alicyclic amines) is 1. The molecule has 0 unspecified atom stereocenters. The Morgan fingerprint density at radius 2 is 1.78 bits per heavy atom. The van der Waals surface area contributed by atoms with Crippen LogP contribution in [0.25, 0.3) is 0 Å². The zero-order chi connectivity index (χ0) is 15.2. The molecule has 3 heteroatoms. The van der Waals surface area contributed by atoms with Crippen LogP contribution in [0.5, 0.6) is 0 Å². The van der Waals surface area contributed by atoms with Gasteiger partial charge < -0.3 is 15.0 Å². The highest BCUT2D eigenvalue weighted by molar-refractivity contribution is 5.06. The van der Waals surface area contributed by atoms with Crippen LogP contribution in [-0.2, 0) is 4.74 Å². The van der Waals surface area contributed by atoms with Gasteiger partial charge in [-0.05, 0) is 87.6 Å². The Balaban J connectivity index is 1.09. The van der Waals surface area contributed by atoms with Crippen LogP contribution in [0.4, 0.5) is 0 Å². The fraction of sp³-hybridized carbons (Fsp3) is 1.00. The van der Waals surface area contributed by atoms with Crippen LogP contribution in [0.3, 0.4) is 0 Å². The molecule has 3 saturated carbocycles. The van der Waals surface area contributed by atoms with Crippen LogP contribution in [0.15, 0.2) is 0 Å². The highest BCUT2D eigenvalue weighted by Crippen LogP contribution is 2.58. The molecule has 3 aliphatic carbocycles. The number of fused-ring (bicyclic) bond motifs is 5. The van der Waals surface area contributed by atoms with Crippen LogP contribution in [0.1, 0.15) is 51.4 Å². The summed E-state index contributed by atoms with van der Waals surface area (Å²) >= 11 is 0. The number of nitrogens with zero attached hydrogens (tertiary/aromatic N) is 1. The molecule has 130 valence electrons. The van der Waals surface area contributed by atoms with Crippen LogP contribution >= 0.6 is 0 Å². The molecule has 6 atom stereocenters. The van der Waals surface area contributed by atoms with E-state index >= 15 is 0 Å². The third-order valence-corrected chi connectivity index (χ3v) is 8.01. The second-order valence-corrected chi connectivity index (χ2v) is 9.23. The SMILES string of the molecule is C1C[C@H]2[C@H](C1)[C@@H]1C[C@@H]2[C@@H](NC2CCN(C[C@@H]3CCOC3)CC2)C1. The van der Waals surface area contributed by atoms with Gasteiger partial charge in [0.15, 0.2) is 0 Å². The van der Waals surface area contributed by atoms with E-state index < -0.39 is 0 Å². The molecular weight excluding hydrogens is 284 g/mol. The molecule has 0 aromatic rings. The van der Waals surface area contributed by atoms with Crippen LogP contribution in [0.2, 0.25) is 0 Å². The minimum atomic E-state index is 0.801. The molecule has 2 saturated heterocycles. The number of ether oxygens (including phenoxy) is 1. The summed E-state index contributed by atoms with van der Waals surface area (Å²) in [6.07, 6.45) is 11.7. The van der Waals surface area contributed by atoms with Crippen molar-refractivity contribution in [1.82, 2.24) is 10.2 Å². The predicted molar refractivity (Wildman–Crippen MR) is 92.4 cm³/mol. The molecule has 0 aromatic heterocycles. The maximum absolute atomic E-state index is 5.53. The standard InChI is InChI=1S/C20H34N2O/c1-2-17-15-10-19(18(17)3-1)20(11-15)21-16-4-7-22(8-5-16)12-14-6-9-23-13-14/h14-21H,1-13H2/t14-,15+,17+,18-,19-,20-/m0/s1. The van der Waals surface area contributed by atoms with Gasteiger partial charge in [-0.15, -0.1) is 0 Å². The van der Waals surface area contributed by atoms with Gasteiger partial charge in [-0.3, -0.25) is 0 Å². The molecule has 23 heavy (non-hydrogen) atoms. The lowest BCUT2D eigenvalue weighted by atomic mass is 9.78. The van der Waals surface area contributed by atoms with Gasteiger partial charge in [0, 0.05) is 25.2 Å². The van der Waals surface area contributed by atoms with E-state index in [4.69, 9.17) is 4.74 Å². The molecule has 0 radical (unpaired) electrons. The Labute approximate surface area is 141 Å². The van der Waals surface area contributed by atoms with E-state index in [0.29, 0.717) is 0 Å². The molecule has 3 nitrogen and oxygen atoms in total. The molecule has 5 aliphatic rings. The molecular formula is C20H34N2O. The monoisotopic (exact) mass is 318 g/mol. The smallest absolute Gasteiger partial charge is 0.0507 e. The first-order valence-electron chi connectivity index (χ1n) is 10.4. The largest absolute Gasteiger partial charge is 0.381 e. The average molecular weight is 319 g/mol. The van der Waals surface area contributed by atoms with Crippen molar-refractivity contribution in [2.24, 2.45) is 29.6 Å². The second kappa shape index (κ2) is 6.31. The normalized spacial score (nSPS) is 47.5. The van der Waals surface area contributed by atoms with E-state index in [9.17, 15) is 0 Å². The van der Waals surface area contributed by atoms with E-state index in [-0.39, 0.29) is 0 Å². The summed E-state index contributed by atoms with van der Waals surface area (Å²) in [5.41, 5.74) is 0. The van der Waals surface area contributed by atoms with E-state index in [2.05, 4.69) is 10.2 Å². The van der Waals surface area contributed by atoms with E-state index in [0.717, 1.165) is 54.9 Å². The van der Waals surface area contributed by atoms with Crippen molar-refractivity contribution in [1.29, 1.82) is 0 Å². The zero-order valence-corrected chi connectivity index (χ0v) is 14.6. The van der Waals surface area contributed by atoms with Gasteiger partial charge >= 0.3 is 0 Å². The highest BCUT2D eigenvalue weighted by atomic mass is 16.5. The third-order valence-electron chi connectivity index (χ3n) is 8.01. The van der Waals surface area contributed by atoms with Crippen LogP contribution in [-0.4, -0.2) is 49.8 Å². The summed E-state index contributed by atoms with van der Waals surface area (Å²) in [6, 6.07) is 1.68. The van der Waals surface area contributed by atoms with Crippen molar-refractivity contribution in [3.8, 4) is 0 Å². The first-order valence-corrected chi connectivity index (χ1v) is 10.4. The summed E-state index contributed by atoms with van der Waals surface area (Å²) in [4.78, 5) is 2.70. The fourth-order valence-corrected chi connectivity index (χ4v) is 6.94. The van der Waals surface area contributed by atoms with Crippen molar-refractivity contribution < 1.29 is 4.74 Å². The predicted octanol–water partition coefficient (Wildman–Crippen LogP) is 2.90. The summed E-state index contributed by atoms with van der Waals surface area (Å²) < 4.78 is 5.53. The van der Waals surface area contributed by atoms with Gasteiger partial charge in [0.2, 0.25) is 0 Å². The first kappa shape index (κ1) is 15.2. The van der Waals surface area contributed by atoms with E-state index in [1.165, 1.54) is 51.7 Å². The molecule has 2 aliphatic heterocycles. The highest BCUT2D eigenvalue weighted by Gasteiger charge is 2.53.